The number of amides is 2. The topological polar surface area (TPSA) is 77.7 Å². The predicted octanol–water partition coefficient (Wildman–Crippen LogP) is 4.15. The normalized spacial score (nSPS) is 19.5. The van der Waals surface area contributed by atoms with Crippen molar-refractivity contribution in [1.82, 2.24) is 15.2 Å². The SMILES string of the molecule is CC(=O)NC[C@H]1CN(c2ccc(C3CCN(Cc4cc5ccccc5[nH]4)CC3)c(F)c2)C(=O)O1. The molecule has 1 atom stereocenters. The van der Waals surface area contributed by atoms with E-state index >= 15 is 4.39 Å². The number of ether oxygens (including phenoxy) is 1. The number of rotatable bonds is 6. The minimum absolute atomic E-state index is 0.158. The third-order valence-corrected chi connectivity index (χ3v) is 6.76. The lowest BCUT2D eigenvalue weighted by Crippen LogP contribution is -2.33. The third kappa shape index (κ3) is 4.77. The van der Waals surface area contributed by atoms with Crippen LogP contribution in [-0.4, -0.2) is 54.2 Å². The molecule has 34 heavy (non-hydrogen) atoms. The number of hydrogen-bond donors (Lipinski definition) is 2. The zero-order chi connectivity index (χ0) is 23.7. The summed E-state index contributed by atoms with van der Waals surface area (Å²) in [7, 11) is 0. The highest BCUT2D eigenvalue weighted by Crippen LogP contribution is 2.33. The minimum atomic E-state index is -0.521. The molecule has 3 heterocycles. The number of aromatic nitrogens is 1. The van der Waals surface area contributed by atoms with Gasteiger partial charge in [0.2, 0.25) is 5.91 Å². The second-order valence-electron chi connectivity index (χ2n) is 9.19. The van der Waals surface area contributed by atoms with E-state index in [-0.39, 0.29) is 30.7 Å². The summed E-state index contributed by atoms with van der Waals surface area (Å²) in [5, 5.41) is 3.87. The molecule has 5 rings (SSSR count). The number of anilines is 1. The summed E-state index contributed by atoms with van der Waals surface area (Å²) in [5.41, 5.74) is 3.53. The molecule has 1 aromatic heterocycles. The summed E-state index contributed by atoms with van der Waals surface area (Å²) in [6.45, 7) is 4.61. The quantitative estimate of drug-likeness (QED) is 0.575. The number of nitrogens with zero attached hydrogens (tertiary/aromatic N) is 2. The zero-order valence-corrected chi connectivity index (χ0v) is 19.2. The number of carbonyl (C=O) groups excluding carboxylic acids is 2. The maximum absolute atomic E-state index is 15.1. The van der Waals surface area contributed by atoms with Gasteiger partial charge in [-0.05, 0) is 67.1 Å². The number of para-hydroxylation sites is 1. The standard InChI is InChI=1S/C26H29FN4O3/c1-17(32)28-14-22-16-31(26(33)34-22)21-6-7-23(24(27)13-21)18-8-10-30(11-9-18)15-20-12-19-4-2-3-5-25(19)29-20/h2-7,12-13,18,22,29H,8-11,14-16H2,1H3,(H,28,32)/t22-/m0/s1. The van der Waals surface area contributed by atoms with Crippen molar-refractivity contribution < 1.29 is 18.7 Å². The van der Waals surface area contributed by atoms with Crippen molar-refractivity contribution in [2.75, 3.05) is 31.1 Å². The average Bonchev–Trinajstić information content (AvgIpc) is 3.40. The summed E-state index contributed by atoms with van der Waals surface area (Å²) >= 11 is 0. The largest absolute Gasteiger partial charge is 0.442 e. The summed E-state index contributed by atoms with van der Waals surface area (Å²) in [4.78, 5) is 30.6. The van der Waals surface area contributed by atoms with E-state index < -0.39 is 12.2 Å². The first kappa shape index (κ1) is 22.4. The van der Waals surface area contributed by atoms with Gasteiger partial charge in [-0.2, -0.15) is 0 Å². The van der Waals surface area contributed by atoms with Gasteiger partial charge >= 0.3 is 6.09 Å². The molecule has 2 saturated heterocycles. The van der Waals surface area contributed by atoms with Gasteiger partial charge in [0.05, 0.1) is 18.8 Å². The molecule has 0 radical (unpaired) electrons. The molecule has 0 unspecified atom stereocenters. The lowest BCUT2D eigenvalue weighted by atomic mass is 9.89. The van der Waals surface area contributed by atoms with Crippen molar-refractivity contribution in [3.05, 3.63) is 65.6 Å². The maximum Gasteiger partial charge on any atom is 0.414 e. The van der Waals surface area contributed by atoms with Crippen molar-refractivity contribution >= 4 is 28.6 Å². The van der Waals surface area contributed by atoms with Gasteiger partial charge in [-0.1, -0.05) is 24.3 Å². The monoisotopic (exact) mass is 464 g/mol. The lowest BCUT2D eigenvalue weighted by molar-refractivity contribution is -0.119. The van der Waals surface area contributed by atoms with E-state index in [1.165, 1.54) is 29.0 Å². The van der Waals surface area contributed by atoms with Crippen LogP contribution in [0.3, 0.4) is 0 Å². The van der Waals surface area contributed by atoms with Crippen molar-refractivity contribution in [3.8, 4) is 0 Å². The van der Waals surface area contributed by atoms with Crippen LogP contribution >= 0.6 is 0 Å². The first-order valence-corrected chi connectivity index (χ1v) is 11.8. The summed E-state index contributed by atoms with van der Waals surface area (Å²) in [6, 6.07) is 15.5. The minimum Gasteiger partial charge on any atom is -0.442 e. The van der Waals surface area contributed by atoms with Crippen LogP contribution in [0.2, 0.25) is 0 Å². The first-order valence-electron chi connectivity index (χ1n) is 11.8. The smallest absolute Gasteiger partial charge is 0.414 e. The van der Waals surface area contributed by atoms with E-state index in [4.69, 9.17) is 4.74 Å². The number of nitrogens with one attached hydrogen (secondary N) is 2. The van der Waals surface area contributed by atoms with Gasteiger partial charge in [-0.25, -0.2) is 9.18 Å². The Hall–Kier alpha value is -3.39. The van der Waals surface area contributed by atoms with Crippen LogP contribution in [0.1, 0.15) is 36.9 Å². The van der Waals surface area contributed by atoms with E-state index in [2.05, 4.69) is 33.4 Å². The van der Waals surface area contributed by atoms with Crippen molar-refractivity contribution in [1.29, 1.82) is 0 Å². The highest BCUT2D eigenvalue weighted by atomic mass is 19.1. The van der Waals surface area contributed by atoms with E-state index in [0.717, 1.165) is 38.0 Å². The van der Waals surface area contributed by atoms with Crippen molar-refractivity contribution in [3.63, 3.8) is 0 Å². The molecule has 0 bridgehead atoms. The Balaban J connectivity index is 1.18. The van der Waals surface area contributed by atoms with Crippen molar-refractivity contribution in [2.45, 2.75) is 38.3 Å². The number of fused-ring (bicyclic) bond motifs is 1. The van der Waals surface area contributed by atoms with Gasteiger partial charge in [0.25, 0.3) is 0 Å². The number of carbonyl (C=O) groups is 2. The van der Waals surface area contributed by atoms with Crippen LogP contribution in [0, 0.1) is 5.82 Å². The predicted molar refractivity (Wildman–Crippen MR) is 128 cm³/mol. The van der Waals surface area contributed by atoms with Gasteiger partial charge < -0.3 is 15.0 Å². The Kier molecular flexibility index (Phi) is 6.24. The summed E-state index contributed by atoms with van der Waals surface area (Å²) in [5.74, 6) is -0.312. The first-order chi connectivity index (χ1) is 16.5. The fourth-order valence-corrected chi connectivity index (χ4v) is 4.97. The number of H-pyrrole nitrogens is 1. The van der Waals surface area contributed by atoms with Gasteiger partial charge in [0.1, 0.15) is 11.9 Å². The highest BCUT2D eigenvalue weighted by Gasteiger charge is 2.33. The molecule has 0 spiro atoms. The molecule has 2 aliphatic rings. The average molecular weight is 465 g/mol. The zero-order valence-electron chi connectivity index (χ0n) is 19.2. The Morgan fingerprint density at radius 3 is 2.71 bits per heavy atom. The molecule has 7 nitrogen and oxygen atoms in total. The fraction of sp³-hybridized carbons (Fsp3) is 0.385. The van der Waals surface area contributed by atoms with E-state index in [1.54, 1.807) is 12.1 Å². The van der Waals surface area contributed by atoms with Gasteiger partial charge in [0, 0.05) is 24.7 Å². The molecular formula is C26H29FN4O3. The van der Waals surface area contributed by atoms with E-state index in [1.807, 2.05) is 12.1 Å². The number of aromatic amines is 1. The second-order valence-corrected chi connectivity index (χ2v) is 9.19. The molecule has 2 amide bonds. The van der Waals surface area contributed by atoms with Gasteiger partial charge in [0.15, 0.2) is 0 Å². The molecule has 2 N–H and O–H groups in total. The van der Waals surface area contributed by atoms with E-state index in [0.29, 0.717) is 11.3 Å². The molecule has 3 aromatic rings. The molecule has 178 valence electrons. The molecular weight excluding hydrogens is 435 g/mol. The number of piperidine rings is 1. The lowest BCUT2D eigenvalue weighted by Gasteiger charge is -2.32. The molecule has 2 fully saturated rings. The molecule has 0 saturated carbocycles. The molecule has 2 aromatic carbocycles. The number of cyclic esters (lactones) is 1. The number of hydrogen-bond acceptors (Lipinski definition) is 4. The summed E-state index contributed by atoms with van der Waals surface area (Å²) < 4.78 is 20.4. The third-order valence-electron chi connectivity index (χ3n) is 6.76. The van der Waals surface area contributed by atoms with Crippen LogP contribution in [0.5, 0.6) is 0 Å². The van der Waals surface area contributed by atoms with Crippen LogP contribution in [0.25, 0.3) is 10.9 Å². The Labute approximate surface area is 197 Å². The number of halogens is 1. The summed E-state index contributed by atoms with van der Waals surface area (Å²) in [6.07, 6.45) is 0.816. The van der Waals surface area contributed by atoms with Crippen LogP contribution in [0.15, 0.2) is 48.5 Å². The van der Waals surface area contributed by atoms with Crippen LogP contribution in [-0.2, 0) is 16.1 Å². The van der Waals surface area contributed by atoms with E-state index in [9.17, 15) is 9.59 Å². The van der Waals surface area contributed by atoms with Crippen LogP contribution < -0.4 is 10.2 Å². The molecule has 0 aliphatic carbocycles. The molecule has 2 aliphatic heterocycles. The molecule has 8 heteroatoms. The van der Waals surface area contributed by atoms with Gasteiger partial charge in [-0.3, -0.25) is 14.6 Å². The van der Waals surface area contributed by atoms with Gasteiger partial charge in [-0.15, -0.1) is 0 Å². The fourth-order valence-electron chi connectivity index (χ4n) is 4.97. The van der Waals surface area contributed by atoms with Crippen LogP contribution in [0.4, 0.5) is 14.9 Å². The Morgan fingerprint density at radius 1 is 1.18 bits per heavy atom. The Bertz CT molecular complexity index is 1170. The maximum atomic E-state index is 15.1. The second kappa shape index (κ2) is 9.46. The Morgan fingerprint density at radius 2 is 1.97 bits per heavy atom. The number of likely N-dealkylation sites (tertiary alicyclic amines) is 1. The number of benzene rings is 2. The highest BCUT2D eigenvalue weighted by molar-refractivity contribution is 5.89. The van der Waals surface area contributed by atoms with Crippen molar-refractivity contribution in [2.24, 2.45) is 0 Å².